The maximum atomic E-state index is 12.5. The maximum absolute atomic E-state index is 12.5. The molecule has 1 aromatic carbocycles. The van der Waals surface area contributed by atoms with Gasteiger partial charge in [0.05, 0.1) is 11.1 Å². The first-order valence-corrected chi connectivity index (χ1v) is 10.0. The summed E-state index contributed by atoms with van der Waals surface area (Å²) in [5.41, 5.74) is 0.688. The summed E-state index contributed by atoms with van der Waals surface area (Å²) in [4.78, 5) is 20.7. The number of aromatic nitrogens is 2. The second-order valence-corrected chi connectivity index (χ2v) is 8.31. The first-order valence-electron chi connectivity index (χ1n) is 8.59. The molecule has 0 radical (unpaired) electrons. The van der Waals surface area contributed by atoms with Crippen molar-refractivity contribution in [1.29, 1.82) is 0 Å². The van der Waals surface area contributed by atoms with E-state index in [2.05, 4.69) is 9.97 Å². The van der Waals surface area contributed by atoms with Crippen molar-refractivity contribution in [2.45, 2.75) is 11.5 Å². The van der Waals surface area contributed by atoms with Crippen LogP contribution in [0.1, 0.15) is 15.9 Å². The molecule has 0 fully saturated rings. The molecule has 0 aliphatic carbocycles. The number of hydrogen-bond acceptors (Lipinski definition) is 7. The van der Waals surface area contributed by atoms with Crippen molar-refractivity contribution >= 4 is 16.0 Å². The van der Waals surface area contributed by atoms with Gasteiger partial charge in [0.15, 0.2) is 0 Å². The van der Waals surface area contributed by atoms with E-state index >= 15 is 0 Å². The first kappa shape index (κ1) is 20.4. The Morgan fingerprint density at radius 2 is 1.86 bits per heavy atom. The molecular weight excluding hydrogens is 394 g/mol. The molecule has 0 bridgehead atoms. The first-order chi connectivity index (χ1) is 13.9. The number of pyridine rings is 2. The molecule has 0 atom stereocenters. The fourth-order valence-corrected chi connectivity index (χ4v) is 3.35. The topological polar surface area (TPSA) is 98.7 Å². The molecule has 9 heteroatoms. The summed E-state index contributed by atoms with van der Waals surface area (Å²) in [5, 5.41) is 0. The quantitative estimate of drug-likeness (QED) is 0.549. The Hall–Kier alpha value is -3.30. The van der Waals surface area contributed by atoms with Gasteiger partial charge in [0.1, 0.15) is 17.9 Å². The minimum absolute atomic E-state index is 0.0921. The SMILES string of the molecule is CN(C)S(=O)(=O)c1cccc(COC(=O)c2cccnc2Oc2cccnc2)c1. The van der Waals surface area contributed by atoms with Gasteiger partial charge in [-0.15, -0.1) is 0 Å². The van der Waals surface area contributed by atoms with Crippen LogP contribution < -0.4 is 4.74 Å². The van der Waals surface area contributed by atoms with Crippen LogP contribution in [-0.4, -0.2) is 42.8 Å². The lowest BCUT2D eigenvalue weighted by Gasteiger charge is -2.13. The van der Waals surface area contributed by atoms with E-state index in [-0.39, 0.29) is 22.9 Å². The molecule has 29 heavy (non-hydrogen) atoms. The lowest BCUT2D eigenvalue weighted by atomic mass is 10.2. The van der Waals surface area contributed by atoms with Gasteiger partial charge < -0.3 is 9.47 Å². The van der Waals surface area contributed by atoms with Crippen molar-refractivity contribution < 1.29 is 22.7 Å². The summed E-state index contributed by atoms with van der Waals surface area (Å²) in [6.45, 7) is -0.100. The van der Waals surface area contributed by atoms with Gasteiger partial charge in [-0.25, -0.2) is 22.5 Å². The Kier molecular flexibility index (Phi) is 6.20. The van der Waals surface area contributed by atoms with Gasteiger partial charge in [0, 0.05) is 26.5 Å². The van der Waals surface area contributed by atoms with Gasteiger partial charge in [-0.05, 0) is 42.0 Å². The third-order valence-electron chi connectivity index (χ3n) is 3.89. The van der Waals surface area contributed by atoms with E-state index < -0.39 is 16.0 Å². The van der Waals surface area contributed by atoms with Crippen LogP contribution in [0.4, 0.5) is 0 Å². The van der Waals surface area contributed by atoms with Crippen LogP contribution in [0.5, 0.6) is 11.6 Å². The molecule has 0 amide bonds. The summed E-state index contributed by atoms with van der Waals surface area (Å²) in [5.74, 6) is -0.117. The van der Waals surface area contributed by atoms with Crippen molar-refractivity contribution in [3.63, 3.8) is 0 Å². The van der Waals surface area contributed by atoms with Crippen molar-refractivity contribution in [2.24, 2.45) is 0 Å². The third-order valence-corrected chi connectivity index (χ3v) is 5.70. The zero-order valence-corrected chi connectivity index (χ0v) is 16.7. The molecule has 0 saturated heterocycles. The molecule has 3 aromatic rings. The molecule has 0 spiro atoms. The number of benzene rings is 1. The molecule has 0 saturated carbocycles. The van der Waals surface area contributed by atoms with Crippen LogP contribution in [0.3, 0.4) is 0 Å². The predicted molar refractivity (Wildman–Crippen MR) is 105 cm³/mol. The number of ether oxygens (including phenoxy) is 2. The van der Waals surface area contributed by atoms with Crippen molar-refractivity contribution in [1.82, 2.24) is 14.3 Å². The normalized spacial score (nSPS) is 11.3. The Bertz CT molecular complexity index is 1100. The number of hydrogen-bond donors (Lipinski definition) is 0. The smallest absolute Gasteiger partial charge is 0.344 e. The van der Waals surface area contributed by atoms with E-state index in [1.807, 2.05) is 0 Å². The van der Waals surface area contributed by atoms with Crippen LogP contribution in [0.25, 0.3) is 0 Å². The number of rotatable bonds is 7. The average molecular weight is 413 g/mol. The fraction of sp³-hybridized carbons (Fsp3) is 0.150. The van der Waals surface area contributed by atoms with Crippen LogP contribution in [0, 0.1) is 0 Å². The molecule has 2 aromatic heterocycles. The number of carbonyl (C=O) groups is 1. The molecule has 0 aliphatic rings. The molecule has 0 N–H and O–H groups in total. The molecule has 0 aliphatic heterocycles. The van der Waals surface area contributed by atoms with Crippen molar-refractivity contribution in [2.75, 3.05) is 14.1 Å². The molecule has 2 heterocycles. The van der Waals surface area contributed by atoms with Crippen LogP contribution in [0.2, 0.25) is 0 Å². The molecule has 150 valence electrons. The highest BCUT2D eigenvalue weighted by Crippen LogP contribution is 2.23. The standard InChI is InChI=1S/C20H19N3O5S/c1-23(2)29(25,26)17-8-3-6-15(12-17)14-27-20(24)18-9-5-11-22-19(18)28-16-7-4-10-21-13-16/h3-13H,14H2,1-2H3. The summed E-state index contributed by atoms with van der Waals surface area (Å²) in [6, 6.07) is 12.8. The molecule has 8 nitrogen and oxygen atoms in total. The predicted octanol–water partition coefficient (Wildman–Crippen LogP) is 2.88. The van der Waals surface area contributed by atoms with E-state index in [0.29, 0.717) is 11.3 Å². The number of sulfonamides is 1. The Morgan fingerprint density at radius 3 is 2.59 bits per heavy atom. The van der Waals surface area contributed by atoms with Gasteiger partial charge >= 0.3 is 5.97 Å². The lowest BCUT2D eigenvalue weighted by molar-refractivity contribution is 0.0469. The van der Waals surface area contributed by atoms with Gasteiger partial charge in [0.2, 0.25) is 15.9 Å². The Labute approximate surface area is 168 Å². The average Bonchev–Trinajstić information content (AvgIpc) is 2.73. The number of carbonyl (C=O) groups excluding carboxylic acids is 1. The monoisotopic (exact) mass is 413 g/mol. The largest absolute Gasteiger partial charge is 0.457 e. The van der Waals surface area contributed by atoms with E-state index in [1.54, 1.807) is 36.5 Å². The highest BCUT2D eigenvalue weighted by Gasteiger charge is 2.19. The van der Waals surface area contributed by atoms with Gasteiger partial charge in [0.25, 0.3) is 0 Å². The van der Waals surface area contributed by atoms with E-state index in [9.17, 15) is 13.2 Å². The van der Waals surface area contributed by atoms with Gasteiger partial charge in [-0.2, -0.15) is 0 Å². The van der Waals surface area contributed by atoms with Crippen LogP contribution >= 0.6 is 0 Å². The molecule has 3 rings (SSSR count). The van der Waals surface area contributed by atoms with Gasteiger partial charge in [-0.3, -0.25) is 4.98 Å². The number of esters is 1. The second kappa shape index (κ2) is 8.80. The Morgan fingerprint density at radius 1 is 1.07 bits per heavy atom. The van der Waals surface area contributed by atoms with Crippen molar-refractivity contribution in [3.05, 3.63) is 78.2 Å². The van der Waals surface area contributed by atoms with Crippen molar-refractivity contribution in [3.8, 4) is 11.6 Å². The summed E-state index contributed by atoms with van der Waals surface area (Å²) in [7, 11) is -0.669. The number of nitrogens with zero attached hydrogens (tertiary/aromatic N) is 3. The zero-order chi connectivity index (χ0) is 20.9. The van der Waals surface area contributed by atoms with E-state index in [1.165, 1.54) is 44.7 Å². The zero-order valence-electron chi connectivity index (χ0n) is 15.8. The molecule has 0 unspecified atom stereocenters. The summed E-state index contributed by atoms with van der Waals surface area (Å²) < 4.78 is 36.6. The van der Waals surface area contributed by atoms with Crippen LogP contribution in [0.15, 0.2) is 72.0 Å². The van der Waals surface area contributed by atoms with Crippen LogP contribution in [-0.2, 0) is 21.4 Å². The van der Waals surface area contributed by atoms with Gasteiger partial charge in [-0.1, -0.05) is 12.1 Å². The summed E-state index contributed by atoms with van der Waals surface area (Å²) >= 11 is 0. The Balaban J connectivity index is 1.74. The minimum Gasteiger partial charge on any atom is -0.457 e. The highest BCUT2D eigenvalue weighted by atomic mass is 32.2. The third kappa shape index (κ3) is 4.95. The maximum Gasteiger partial charge on any atom is 0.344 e. The highest BCUT2D eigenvalue weighted by molar-refractivity contribution is 7.89. The summed E-state index contributed by atoms with van der Waals surface area (Å²) in [6.07, 6.45) is 4.60. The minimum atomic E-state index is -3.57. The lowest BCUT2D eigenvalue weighted by Crippen LogP contribution is -2.22. The second-order valence-electron chi connectivity index (χ2n) is 6.16. The van der Waals surface area contributed by atoms with E-state index in [4.69, 9.17) is 9.47 Å². The van der Waals surface area contributed by atoms with E-state index in [0.717, 1.165) is 4.31 Å². The molecular formula is C20H19N3O5S. The fourth-order valence-electron chi connectivity index (χ4n) is 2.38.